The summed E-state index contributed by atoms with van der Waals surface area (Å²) in [7, 11) is 0. The molecule has 1 heterocycles. The molecular weight excluding hydrogens is 200 g/mol. The Morgan fingerprint density at radius 3 is 3.08 bits per heavy atom. The van der Waals surface area contributed by atoms with E-state index in [2.05, 4.69) is 30.2 Å². The zero-order valence-electron chi connectivity index (χ0n) is 7.77. The van der Waals surface area contributed by atoms with Crippen LogP contribution in [0.2, 0.25) is 0 Å². The topological polar surface area (TPSA) is 0 Å². The number of alkyl halides is 1. The number of rotatable bonds is 3. The molecule has 0 nitrogen and oxygen atoms in total. The van der Waals surface area contributed by atoms with Crippen LogP contribution in [0, 0.1) is 11.8 Å². The Morgan fingerprint density at radius 2 is 2.38 bits per heavy atom. The van der Waals surface area contributed by atoms with Gasteiger partial charge in [0.15, 0.2) is 0 Å². The molecule has 0 radical (unpaired) electrons. The van der Waals surface area contributed by atoms with Gasteiger partial charge in [0, 0.05) is 0 Å². The van der Waals surface area contributed by atoms with Crippen LogP contribution >= 0.6 is 22.9 Å². The van der Waals surface area contributed by atoms with E-state index in [1.165, 1.54) is 23.3 Å². The highest BCUT2D eigenvalue weighted by Crippen LogP contribution is 2.17. The summed E-state index contributed by atoms with van der Waals surface area (Å²) in [6.45, 7) is 2.20. The Morgan fingerprint density at radius 1 is 1.54 bits per heavy atom. The molecule has 0 saturated carbocycles. The van der Waals surface area contributed by atoms with Gasteiger partial charge in [-0.3, -0.25) is 0 Å². The maximum Gasteiger partial charge on any atom is 0.0839 e. The summed E-state index contributed by atoms with van der Waals surface area (Å²) in [6.07, 6.45) is 3.62. The lowest BCUT2D eigenvalue weighted by molar-refractivity contribution is 0.796. The molecule has 0 fully saturated rings. The monoisotopic (exact) mass is 212 g/mol. The van der Waals surface area contributed by atoms with E-state index < -0.39 is 0 Å². The lowest BCUT2D eigenvalue weighted by Crippen LogP contribution is -1.83. The average Bonchev–Trinajstić information content (AvgIpc) is 2.59. The molecule has 0 bridgehead atoms. The molecule has 0 aliphatic heterocycles. The lowest BCUT2D eigenvalue weighted by Gasteiger charge is -1.95. The van der Waals surface area contributed by atoms with Crippen LogP contribution in [0.4, 0.5) is 0 Å². The first-order chi connectivity index (χ1) is 6.38. The van der Waals surface area contributed by atoms with Gasteiger partial charge >= 0.3 is 0 Å². The zero-order chi connectivity index (χ0) is 9.52. The molecule has 0 aromatic carbocycles. The maximum absolute atomic E-state index is 5.51. The fraction of sp³-hybridized carbons (Fsp3) is 0.455. The van der Waals surface area contributed by atoms with Crippen molar-refractivity contribution in [2.75, 3.05) is 5.88 Å². The number of thiophene rings is 1. The third-order valence-corrected chi connectivity index (χ3v) is 2.82. The normalized spacial score (nSPS) is 9.38. The first-order valence-corrected chi connectivity index (χ1v) is 5.91. The van der Waals surface area contributed by atoms with Crippen molar-refractivity contribution in [1.29, 1.82) is 0 Å². The van der Waals surface area contributed by atoms with Gasteiger partial charge in [-0.15, -0.1) is 22.9 Å². The van der Waals surface area contributed by atoms with Gasteiger partial charge in [-0.1, -0.05) is 25.2 Å². The average molecular weight is 213 g/mol. The number of unbranched alkanes of at least 4 members (excludes halogenated alkanes) is 1. The van der Waals surface area contributed by atoms with Crippen molar-refractivity contribution in [3.8, 4) is 11.8 Å². The van der Waals surface area contributed by atoms with Crippen LogP contribution in [-0.4, -0.2) is 5.88 Å². The maximum atomic E-state index is 5.51. The third-order valence-electron chi connectivity index (χ3n) is 1.82. The Labute approximate surface area is 88.9 Å². The van der Waals surface area contributed by atoms with Gasteiger partial charge in [0.2, 0.25) is 0 Å². The van der Waals surface area contributed by atoms with E-state index in [1.807, 2.05) is 0 Å². The number of hydrogen-bond acceptors (Lipinski definition) is 1. The van der Waals surface area contributed by atoms with E-state index in [-0.39, 0.29) is 0 Å². The number of hydrogen-bond donors (Lipinski definition) is 0. The van der Waals surface area contributed by atoms with Gasteiger partial charge in [0.1, 0.15) is 0 Å². The molecule has 0 unspecified atom stereocenters. The minimum Gasteiger partial charge on any atom is -0.135 e. The van der Waals surface area contributed by atoms with E-state index >= 15 is 0 Å². The lowest BCUT2D eigenvalue weighted by atomic mass is 10.1. The molecule has 2 heteroatoms. The van der Waals surface area contributed by atoms with E-state index in [9.17, 15) is 0 Å². The minimum absolute atomic E-state index is 0.422. The molecule has 0 aliphatic carbocycles. The number of aryl methyl sites for hydroxylation is 1. The van der Waals surface area contributed by atoms with Crippen LogP contribution < -0.4 is 0 Å². The molecular formula is C11H13ClS. The molecule has 1 rings (SSSR count). The molecule has 1 aromatic rings. The standard InChI is InChI=1S/C11H13ClS/c1-2-3-5-10-7-9-13-11(10)6-4-8-12/h7,9H,2-3,5,8H2,1H3. The largest absolute Gasteiger partial charge is 0.135 e. The number of halogens is 1. The summed E-state index contributed by atoms with van der Waals surface area (Å²) in [4.78, 5) is 1.19. The molecule has 0 N–H and O–H groups in total. The molecule has 0 atom stereocenters. The van der Waals surface area contributed by atoms with Crippen LogP contribution in [0.15, 0.2) is 11.4 Å². The van der Waals surface area contributed by atoms with Gasteiger partial charge in [0.05, 0.1) is 10.8 Å². The van der Waals surface area contributed by atoms with Crippen LogP contribution in [-0.2, 0) is 6.42 Å². The predicted octanol–water partition coefficient (Wildman–Crippen LogP) is 3.68. The molecule has 0 spiro atoms. The fourth-order valence-corrected chi connectivity index (χ4v) is 2.01. The fourth-order valence-electron chi connectivity index (χ4n) is 1.12. The second kappa shape index (κ2) is 6.07. The van der Waals surface area contributed by atoms with E-state index in [0.29, 0.717) is 5.88 Å². The summed E-state index contributed by atoms with van der Waals surface area (Å²) in [5.74, 6) is 6.40. The molecule has 0 amide bonds. The van der Waals surface area contributed by atoms with E-state index in [0.717, 1.165) is 6.42 Å². The van der Waals surface area contributed by atoms with Crippen molar-refractivity contribution in [3.05, 3.63) is 21.9 Å². The van der Waals surface area contributed by atoms with Crippen LogP contribution in [0.5, 0.6) is 0 Å². The SMILES string of the molecule is CCCCc1ccsc1C#CCCl. The molecule has 1 aromatic heterocycles. The first kappa shape index (κ1) is 10.6. The highest BCUT2D eigenvalue weighted by Gasteiger charge is 1.99. The molecule has 0 aliphatic rings. The summed E-state index contributed by atoms with van der Waals surface area (Å²) in [6, 6.07) is 2.17. The van der Waals surface area contributed by atoms with Gasteiger partial charge in [-0.2, -0.15) is 0 Å². The summed E-state index contributed by atoms with van der Waals surface area (Å²) >= 11 is 7.21. The Balaban J connectivity index is 2.65. The van der Waals surface area contributed by atoms with Crippen LogP contribution in [0.3, 0.4) is 0 Å². The van der Waals surface area contributed by atoms with Crippen molar-refractivity contribution >= 4 is 22.9 Å². The Kier molecular flexibility index (Phi) is 4.97. The predicted molar refractivity (Wildman–Crippen MR) is 60.5 cm³/mol. The highest BCUT2D eigenvalue weighted by molar-refractivity contribution is 7.10. The smallest absolute Gasteiger partial charge is 0.0839 e. The van der Waals surface area contributed by atoms with Crippen molar-refractivity contribution in [1.82, 2.24) is 0 Å². The Hall–Kier alpha value is -0.450. The van der Waals surface area contributed by atoms with Gasteiger partial charge in [0.25, 0.3) is 0 Å². The third kappa shape index (κ3) is 3.42. The van der Waals surface area contributed by atoms with E-state index in [4.69, 9.17) is 11.6 Å². The van der Waals surface area contributed by atoms with Gasteiger partial charge in [-0.05, 0) is 29.9 Å². The molecule has 70 valence electrons. The van der Waals surface area contributed by atoms with Gasteiger partial charge < -0.3 is 0 Å². The second-order valence-electron chi connectivity index (χ2n) is 2.81. The summed E-state index contributed by atoms with van der Waals surface area (Å²) in [5.41, 5.74) is 1.38. The molecule has 13 heavy (non-hydrogen) atoms. The van der Waals surface area contributed by atoms with E-state index in [1.54, 1.807) is 11.3 Å². The summed E-state index contributed by atoms with van der Waals surface area (Å²) < 4.78 is 0. The van der Waals surface area contributed by atoms with Crippen molar-refractivity contribution in [2.45, 2.75) is 26.2 Å². The highest BCUT2D eigenvalue weighted by atomic mass is 35.5. The minimum atomic E-state index is 0.422. The Bertz CT molecular complexity index is 303. The van der Waals surface area contributed by atoms with Crippen LogP contribution in [0.1, 0.15) is 30.2 Å². The van der Waals surface area contributed by atoms with Crippen molar-refractivity contribution < 1.29 is 0 Å². The van der Waals surface area contributed by atoms with Crippen molar-refractivity contribution in [3.63, 3.8) is 0 Å². The summed E-state index contributed by atoms with van der Waals surface area (Å²) in [5, 5.41) is 2.10. The zero-order valence-corrected chi connectivity index (χ0v) is 9.34. The second-order valence-corrected chi connectivity index (χ2v) is 4.00. The molecule has 0 saturated heterocycles. The van der Waals surface area contributed by atoms with Gasteiger partial charge in [-0.25, -0.2) is 0 Å². The quantitative estimate of drug-likeness (QED) is 0.530. The van der Waals surface area contributed by atoms with Crippen LogP contribution in [0.25, 0.3) is 0 Å². The first-order valence-electron chi connectivity index (χ1n) is 4.49. The van der Waals surface area contributed by atoms with Crippen molar-refractivity contribution in [2.24, 2.45) is 0 Å².